The fraction of sp³-hybridized carbons (Fsp3) is 0.125. The highest BCUT2D eigenvalue weighted by Gasteiger charge is 2.17. The van der Waals surface area contributed by atoms with Crippen molar-refractivity contribution in [2.75, 3.05) is 11.6 Å². The quantitative estimate of drug-likeness (QED) is 0.907. The van der Waals surface area contributed by atoms with E-state index in [2.05, 4.69) is 5.10 Å². The number of anilines is 1. The summed E-state index contributed by atoms with van der Waals surface area (Å²) in [7, 11) is 0. The highest BCUT2D eigenvalue weighted by molar-refractivity contribution is 6.02. The highest BCUT2D eigenvalue weighted by atomic mass is 16.4. The van der Waals surface area contributed by atoms with Crippen LogP contribution in [-0.2, 0) is 0 Å². The van der Waals surface area contributed by atoms with Gasteiger partial charge in [0.05, 0.1) is 17.0 Å². The molecular weight excluding hydrogens is 268 g/mol. The number of phenolic OH excluding ortho intramolecular Hbond substituents is 1. The van der Waals surface area contributed by atoms with Gasteiger partial charge in [0.15, 0.2) is 0 Å². The predicted octanol–water partition coefficient (Wildman–Crippen LogP) is 2.70. The lowest BCUT2D eigenvalue weighted by Crippen LogP contribution is -2.11. The molecule has 1 heterocycles. The van der Waals surface area contributed by atoms with Crippen molar-refractivity contribution in [2.24, 2.45) is 5.10 Å². The van der Waals surface area contributed by atoms with Crippen LogP contribution in [0.4, 0.5) is 5.69 Å². The molecule has 5 nitrogen and oxygen atoms in total. The summed E-state index contributed by atoms with van der Waals surface area (Å²) in [5, 5.41) is 24.6. The Kier molecular flexibility index (Phi) is 3.31. The van der Waals surface area contributed by atoms with Crippen LogP contribution in [0.25, 0.3) is 0 Å². The lowest BCUT2D eigenvalue weighted by molar-refractivity contribution is 0.0697. The second kappa shape index (κ2) is 5.28. The summed E-state index contributed by atoms with van der Waals surface area (Å²) in [6.07, 6.45) is 0.811. The van der Waals surface area contributed by atoms with E-state index in [1.165, 1.54) is 0 Å². The number of aromatic carboxylic acids is 1. The molecule has 0 bridgehead atoms. The van der Waals surface area contributed by atoms with Gasteiger partial charge >= 0.3 is 5.97 Å². The molecule has 1 aliphatic rings. The summed E-state index contributed by atoms with van der Waals surface area (Å²) in [6.45, 7) is 0.753. The van der Waals surface area contributed by atoms with Crippen LogP contribution in [0.15, 0.2) is 53.6 Å². The predicted molar refractivity (Wildman–Crippen MR) is 80.0 cm³/mol. The van der Waals surface area contributed by atoms with Crippen LogP contribution in [0.1, 0.15) is 22.3 Å². The monoisotopic (exact) mass is 282 g/mol. The van der Waals surface area contributed by atoms with Crippen LogP contribution in [0.3, 0.4) is 0 Å². The first kappa shape index (κ1) is 13.2. The lowest BCUT2D eigenvalue weighted by atomic mass is 10.1. The van der Waals surface area contributed by atoms with E-state index in [4.69, 9.17) is 5.11 Å². The Morgan fingerprint density at radius 2 is 1.71 bits per heavy atom. The zero-order chi connectivity index (χ0) is 14.8. The number of carbonyl (C=O) groups is 1. The second-order valence-corrected chi connectivity index (χ2v) is 4.82. The molecule has 0 amide bonds. The van der Waals surface area contributed by atoms with E-state index in [0.717, 1.165) is 29.9 Å². The third-order valence-corrected chi connectivity index (χ3v) is 3.41. The van der Waals surface area contributed by atoms with Crippen LogP contribution >= 0.6 is 0 Å². The molecule has 0 radical (unpaired) electrons. The van der Waals surface area contributed by atoms with Gasteiger partial charge in [0.25, 0.3) is 0 Å². The number of carboxylic acids is 1. The van der Waals surface area contributed by atoms with E-state index >= 15 is 0 Å². The fourth-order valence-corrected chi connectivity index (χ4v) is 2.28. The number of hydrogen-bond donors (Lipinski definition) is 2. The molecule has 0 spiro atoms. The Hall–Kier alpha value is -2.82. The molecule has 21 heavy (non-hydrogen) atoms. The third kappa shape index (κ3) is 2.72. The van der Waals surface area contributed by atoms with Gasteiger partial charge in [-0.25, -0.2) is 4.79 Å². The first-order chi connectivity index (χ1) is 10.1. The summed E-state index contributed by atoms with van der Waals surface area (Å²) in [4.78, 5) is 10.8. The summed E-state index contributed by atoms with van der Waals surface area (Å²) < 4.78 is 0. The minimum absolute atomic E-state index is 0.235. The first-order valence-electron chi connectivity index (χ1n) is 6.61. The minimum atomic E-state index is -0.934. The topological polar surface area (TPSA) is 73.1 Å². The molecule has 106 valence electrons. The highest BCUT2D eigenvalue weighted by Crippen LogP contribution is 2.23. The fourth-order valence-electron chi connectivity index (χ4n) is 2.28. The molecule has 3 rings (SSSR count). The molecule has 2 aromatic carbocycles. The molecule has 0 aromatic heterocycles. The van der Waals surface area contributed by atoms with Gasteiger partial charge in [0, 0.05) is 13.0 Å². The Labute approximate surface area is 121 Å². The van der Waals surface area contributed by atoms with Crippen LogP contribution in [0, 0.1) is 0 Å². The average molecular weight is 282 g/mol. The Morgan fingerprint density at radius 1 is 1.05 bits per heavy atom. The number of hydrogen-bond acceptors (Lipinski definition) is 4. The van der Waals surface area contributed by atoms with Crippen molar-refractivity contribution in [3.05, 3.63) is 59.7 Å². The van der Waals surface area contributed by atoms with Crippen molar-refractivity contribution in [2.45, 2.75) is 6.42 Å². The van der Waals surface area contributed by atoms with Gasteiger partial charge in [0.1, 0.15) is 5.75 Å². The lowest BCUT2D eigenvalue weighted by Gasteiger charge is -2.13. The van der Waals surface area contributed by atoms with E-state index in [-0.39, 0.29) is 11.3 Å². The molecule has 0 aliphatic carbocycles. The van der Waals surface area contributed by atoms with Crippen molar-refractivity contribution in [3.8, 4) is 5.75 Å². The Morgan fingerprint density at radius 3 is 2.33 bits per heavy atom. The molecule has 0 saturated heterocycles. The van der Waals surface area contributed by atoms with Crippen molar-refractivity contribution in [1.29, 1.82) is 0 Å². The number of nitrogens with zero attached hydrogens (tertiary/aromatic N) is 2. The van der Waals surface area contributed by atoms with E-state index in [0.29, 0.717) is 0 Å². The van der Waals surface area contributed by atoms with Crippen molar-refractivity contribution < 1.29 is 15.0 Å². The first-order valence-corrected chi connectivity index (χ1v) is 6.61. The Bertz CT molecular complexity index is 690. The van der Waals surface area contributed by atoms with E-state index in [1.54, 1.807) is 36.4 Å². The maximum Gasteiger partial charge on any atom is 0.335 e. The molecule has 2 aromatic rings. The van der Waals surface area contributed by atoms with Crippen molar-refractivity contribution in [1.82, 2.24) is 0 Å². The SMILES string of the molecule is O=C(O)c1ccc(N2CCC(c3ccc(O)cc3)=N2)cc1. The number of phenols is 1. The van der Waals surface area contributed by atoms with Crippen molar-refractivity contribution >= 4 is 17.4 Å². The molecule has 0 atom stereocenters. The molecule has 1 aliphatic heterocycles. The van der Waals surface area contributed by atoms with E-state index in [9.17, 15) is 9.90 Å². The summed E-state index contributed by atoms with van der Waals surface area (Å²) in [6, 6.07) is 13.6. The van der Waals surface area contributed by atoms with Gasteiger partial charge in [-0.2, -0.15) is 5.10 Å². The van der Waals surface area contributed by atoms with Crippen LogP contribution < -0.4 is 5.01 Å². The van der Waals surface area contributed by atoms with Gasteiger partial charge in [-0.3, -0.25) is 5.01 Å². The number of aromatic hydroxyl groups is 1. The van der Waals surface area contributed by atoms with E-state index in [1.807, 2.05) is 17.1 Å². The third-order valence-electron chi connectivity index (χ3n) is 3.41. The van der Waals surface area contributed by atoms with Crippen LogP contribution in [0.5, 0.6) is 5.75 Å². The zero-order valence-corrected chi connectivity index (χ0v) is 11.2. The second-order valence-electron chi connectivity index (χ2n) is 4.82. The molecule has 2 N–H and O–H groups in total. The summed E-state index contributed by atoms with van der Waals surface area (Å²) in [5.74, 6) is -0.699. The number of benzene rings is 2. The standard InChI is InChI=1S/C16H14N2O3/c19-14-7-3-11(4-8-14)15-9-10-18(17-15)13-5-1-12(2-6-13)16(20)21/h1-8,19H,9-10H2,(H,20,21). The summed E-state index contributed by atoms with van der Waals surface area (Å²) >= 11 is 0. The van der Waals surface area contributed by atoms with Gasteiger partial charge in [-0.15, -0.1) is 0 Å². The zero-order valence-electron chi connectivity index (χ0n) is 11.2. The van der Waals surface area contributed by atoms with Crippen LogP contribution in [-0.4, -0.2) is 28.4 Å². The molecule has 5 heteroatoms. The normalized spacial score (nSPS) is 14.1. The van der Waals surface area contributed by atoms with Gasteiger partial charge in [0.2, 0.25) is 0 Å². The largest absolute Gasteiger partial charge is 0.508 e. The smallest absolute Gasteiger partial charge is 0.335 e. The molecular formula is C16H14N2O3. The van der Waals surface area contributed by atoms with Gasteiger partial charge in [-0.1, -0.05) is 0 Å². The van der Waals surface area contributed by atoms with Crippen molar-refractivity contribution in [3.63, 3.8) is 0 Å². The van der Waals surface area contributed by atoms with E-state index < -0.39 is 5.97 Å². The van der Waals surface area contributed by atoms with Gasteiger partial charge < -0.3 is 10.2 Å². The molecule has 0 unspecified atom stereocenters. The Balaban J connectivity index is 1.81. The number of carboxylic acid groups (broad SMARTS) is 1. The molecule has 0 saturated carbocycles. The average Bonchev–Trinajstić information content (AvgIpc) is 2.98. The number of hydrazone groups is 1. The maximum absolute atomic E-state index is 10.8. The molecule has 0 fully saturated rings. The maximum atomic E-state index is 10.8. The number of rotatable bonds is 3. The van der Waals surface area contributed by atoms with Crippen LogP contribution in [0.2, 0.25) is 0 Å². The van der Waals surface area contributed by atoms with Gasteiger partial charge in [-0.05, 0) is 54.1 Å². The summed E-state index contributed by atoms with van der Waals surface area (Å²) in [5.41, 5.74) is 3.07. The minimum Gasteiger partial charge on any atom is -0.508 e.